The highest BCUT2D eigenvalue weighted by molar-refractivity contribution is 6.30. The van der Waals surface area contributed by atoms with Crippen molar-refractivity contribution in [3.63, 3.8) is 0 Å². The van der Waals surface area contributed by atoms with Gasteiger partial charge in [0.05, 0.1) is 12.0 Å². The lowest BCUT2D eigenvalue weighted by atomic mass is 9.93. The van der Waals surface area contributed by atoms with Gasteiger partial charge >= 0.3 is 0 Å². The van der Waals surface area contributed by atoms with Crippen LogP contribution >= 0.6 is 11.6 Å². The van der Waals surface area contributed by atoms with Crippen molar-refractivity contribution in [3.05, 3.63) is 34.9 Å². The van der Waals surface area contributed by atoms with Crippen molar-refractivity contribution in [3.8, 4) is 12.3 Å². The number of rotatable bonds is 4. The Morgan fingerprint density at radius 2 is 2.00 bits per heavy atom. The van der Waals surface area contributed by atoms with Gasteiger partial charge < -0.3 is 5.11 Å². The first-order valence-corrected chi connectivity index (χ1v) is 5.46. The molecule has 0 aliphatic heterocycles. The summed E-state index contributed by atoms with van der Waals surface area (Å²) in [7, 11) is 0. The molecule has 0 amide bonds. The maximum atomic E-state index is 10.0. The number of terminal acetylenes is 1. The fourth-order valence-electron chi connectivity index (χ4n) is 1.54. The van der Waals surface area contributed by atoms with E-state index in [1.54, 1.807) is 12.1 Å². The molecule has 80 valence electrons. The number of hydrogen-bond donors (Lipinski definition) is 1. The Morgan fingerprint density at radius 1 is 1.40 bits per heavy atom. The van der Waals surface area contributed by atoms with Gasteiger partial charge in [0.2, 0.25) is 0 Å². The second-order valence-corrected chi connectivity index (χ2v) is 3.99. The van der Waals surface area contributed by atoms with Crippen LogP contribution in [0.15, 0.2) is 24.3 Å². The minimum Gasteiger partial charge on any atom is -0.387 e. The highest BCUT2D eigenvalue weighted by Gasteiger charge is 2.17. The zero-order valence-electron chi connectivity index (χ0n) is 8.78. The molecule has 1 aromatic rings. The molecule has 0 saturated heterocycles. The number of aliphatic hydroxyl groups is 1. The molecule has 15 heavy (non-hydrogen) atoms. The van der Waals surface area contributed by atoms with Crippen molar-refractivity contribution in [2.75, 3.05) is 0 Å². The van der Waals surface area contributed by atoms with Gasteiger partial charge in [-0.1, -0.05) is 37.1 Å². The molecule has 0 bridgehead atoms. The molecule has 0 spiro atoms. The molecule has 0 radical (unpaired) electrons. The van der Waals surface area contributed by atoms with E-state index in [1.807, 2.05) is 12.1 Å². The van der Waals surface area contributed by atoms with E-state index in [-0.39, 0.29) is 5.92 Å². The summed E-state index contributed by atoms with van der Waals surface area (Å²) in [6, 6.07) is 7.15. The van der Waals surface area contributed by atoms with E-state index in [0.29, 0.717) is 5.02 Å². The predicted octanol–water partition coefficient (Wildman–Crippen LogP) is 3.42. The molecule has 1 rings (SSSR count). The van der Waals surface area contributed by atoms with Crippen LogP contribution in [-0.2, 0) is 0 Å². The first kappa shape index (κ1) is 12.1. The van der Waals surface area contributed by atoms with Gasteiger partial charge in [-0.3, -0.25) is 0 Å². The van der Waals surface area contributed by atoms with Gasteiger partial charge in [-0.05, 0) is 24.1 Å². The van der Waals surface area contributed by atoms with Crippen molar-refractivity contribution in [2.45, 2.75) is 25.9 Å². The molecular formula is C13H15ClO. The minimum atomic E-state index is -0.591. The van der Waals surface area contributed by atoms with Gasteiger partial charge in [-0.25, -0.2) is 0 Å². The molecule has 1 aromatic carbocycles. The lowest BCUT2D eigenvalue weighted by Crippen LogP contribution is -2.10. The summed E-state index contributed by atoms with van der Waals surface area (Å²) < 4.78 is 0. The molecule has 0 saturated carbocycles. The van der Waals surface area contributed by atoms with Crippen LogP contribution in [0.2, 0.25) is 5.02 Å². The maximum absolute atomic E-state index is 10.0. The van der Waals surface area contributed by atoms with Gasteiger partial charge in [0.1, 0.15) is 0 Å². The van der Waals surface area contributed by atoms with Crippen molar-refractivity contribution in [1.29, 1.82) is 0 Å². The summed E-state index contributed by atoms with van der Waals surface area (Å²) in [5, 5.41) is 10.7. The van der Waals surface area contributed by atoms with Gasteiger partial charge in [0.15, 0.2) is 0 Å². The molecule has 0 aliphatic carbocycles. The Labute approximate surface area is 96.1 Å². The summed E-state index contributed by atoms with van der Waals surface area (Å²) in [5.41, 5.74) is 0.829. The van der Waals surface area contributed by atoms with Gasteiger partial charge in [0.25, 0.3) is 0 Å². The van der Waals surface area contributed by atoms with Crippen molar-refractivity contribution in [1.82, 2.24) is 0 Å². The Hall–Kier alpha value is -0.970. The van der Waals surface area contributed by atoms with Gasteiger partial charge in [-0.2, -0.15) is 0 Å². The third kappa shape index (κ3) is 3.27. The molecule has 2 heteroatoms. The second kappa shape index (κ2) is 5.80. The molecule has 2 unspecified atom stereocenters. The van der Waals surface area contributed by atoms with E-state index < -0.39 is 6.10 Å². The van der Waals surface area contributed by atoms with E-state index in [1.165, 1.54) is 0 Å². The Balaban J connectivity index is 2.79. The Morgan fingerprint density at radius 3 is 2.47 bits per heavy atom. The molecule has 0 heterocycles. The Kier molecular flexibility index (Phi) is 4.68. The molecular weight excluding hydrogens is 208 g/mol. The highest BCUT2D eigenvalue weighted by atomic mass is 35.5. The van der Waals surface area contributed by atoms with Gasteiger partial charge in [-0.15, -0.1) is 12.3 Å². The van der Waals surface area contributed by atoms with E-state index in [0.717, 1.165) is 18.4 Å². The van der Waals surface area contributed by atoms with Crippen molar-refractivity contribution >= 4 is 11.6 Å². The number of hydrogen-bond acceptors (Lipinski definition) is 1. The second-order valence-electron chi connectivity index (χ2n) is 3.56. The lowest BCUT2D eigenvalue weighted by molar-refractivity contribution is 0.131. The SMILES string of the molecule is C#CC(CCC)C(O)c1ccc(Cl)cc1. The normalized spacial score (nSPS) is 14.3. The summed E-state index contributed by atoms with van der Waals surface area (Å²) in [6.45, 7) is 2.05. The zero-order chi connectivity index (χ0) is 11.3. The van der Waals surface area contributed by atoms with Crippen molar-refractivity contribution < 1.29 is 5.11 Å². The van der Waals surface area contributed by atoms with E-state index >= 15 is 0 Å². The van der Waals surface area contributed by atoms with Crippen LogP contribution in [0.4, 0.5) is 0 Å². The first-order chi connectivity index (χ1) is 7.19. The van der Waals surface area contributed by atoms with Crippen LogP contribution in [-0.4, -0.2) is 5.11 Å². The number of benzene rings is 1. The summed E-state index contributed by atoms with van der Waals surface area (Å²) >= 11 is 5.77. The van der Waals surface area contributed by atoms with E-state index in [9.17, 15) is 5.11 Å². The quantitative estimate of drug-likeness (QED) is 0.774. The highest BCUT2D eigenvalue weighted by Crippen LogP contribution is 2.26. The van der Waals surface area contributed by atoms with E-state index in [2.05, 4.69) is 12.8 Å². The topological polar surface area (TPSA) is 20.2 Å². The fourth-order valence-corrected chi connectivity index (χ4v) is 1.66. The molecule has 2 atom stereocenters. The molecule has 1 nitrogen and oxygen atoms in total. The first-order valence-electron chi connectivity index (χ1n) is 5.08. The van der Waals surface area contributed by atoms with Gasteiger partial charge in [0, 0.05) is 5.02 Å². The minimum absolute atomic E-state index is 0.115. The van der Waals surface area contributed by atoms with Crippen molar-refractivity contribution in [2.24, 2.45) is 5.92 Å². The summed E-state index contributed by atoms with van der Waals surface area (Å²) in [4.78, 5) is 0. The standard InChI is InChI=1S/C13H15ClO/c1-3-5-10(4-2)13(15)11-6-8-12(14)9-7-11/h2,6-10,13,15H,3,5H2,1H3. The number of aliphatic hydroxyl groups excluding tert-OH is 1. The molecule has 0 fully saturated rings. The number of halogens is 1. The molecule has 0 aliphatic rings. The van der Waals surface area contributed by atoms with Crippen LogP contribution < -0.4 is 0 Å². The van der Waals surface area contributed by atoms with Crippen LogP contribution in [0.1, 0.15) is 31.4 Å². The summed E-state index contributed by atoms with van der Waals surface area (Å²) in [6.07, 6.45) is 6.61. The predicted molar refractivity (Wildman–Crippen MR) is 63.6 cm³/mol. The smallest absolute Gasteiger partial charge is 0.0927 e. The average molecular weight is 223 g/mol. The lowest BCUT2D eigenvalue weighted by Gasteiger charge is -2.17. The largest absolute Gasteiger partial charge is 0.387 e. The van der Waals surface area contributed by atoms with Crippen LogP contribution in [0.3, 0.4) is 0 Å². The Bertz CT molecular complexity index is 337. The molecule has 1 N–H and O–H groups in total. The fraction of sp³-hybridized carbons (Fsp3) is 0.385. The summed E-state index contributed by atoms with van der Waals surface area (Å²) in [5.74, 6) is 2.52. The van der Waals surface area contributed by atoms with Crippen LogP contribution in [0.5, 0.6) is 0 Å². The third-order valence-electron chi connectivity index (χ3n) is 2.41. The monoisotopic (exact) mass is 222 g/mol. The zero-order valence-corrected chi connectivity index (χ0v) is 9.54. The molecule has 0 aromatic heterocycles. The third-order valence-corrected chi connectivity index (χ3v) is 2.66. The van der Waals surface area contributed by atoms with E-state index in [4.69, 9.17) is 18.0 Å². The maximum Gasteiger partial charge on any atom is 0.0927 e. The van der Waals surface area contributed by atoms with Crippen LogP contribution in [0, 0.1) is 18.3 Å². The van der Waals surface area contributed by atoms with Crippen LogP contribution in [0.25, 0.3) is 0 Å². The average Bonchev–Trinajstić information content (AvgIpc) is 2.26.